The van der Waals surface area contributed by atoms with Crippen LogP contribution in [0, 0.1) is 5.92 Å². The lowest BCUT2D eigenvalue weighted by Gasteiger charge is -2.24. The fraction of sp³-hybridized carbons (Fsp3) is 0.412. The topological polar surface area (TPSA) is 128 Å². The predicted molar refractivity (Wildman–Crippen MR) is 91.4 cm³/mol. The Morgan fingerprint density at radius 1 is 1.31 bits per heavy atom. The van der Waals surface area contributed by atoms with Gasteiger partial charge in [-0.3, -0.25) is 24.6 Å². The zero-order valence-electron chi connectivity index (χ0n) is 14.6. The number of imide groups is 1. The average molecular weight is 363 g/mol. The Hall–Kier alpha value is -3.10. The molecule has 0 bridgehead atoms. The minimum atomic E-state index is -1.21. The summed E-state index contributed by atoms with van der Waals surface area (Å²) in [5, 5.41) is 1.89. The van der Waals surface area contributed by atoms with E-state index in [0.29, 0.717) is 11.4 Å². The number of nitrogens with one attached hydrogen (secondary N) is 1. The molecule has 1 aliphatic heterocycles. The number of fused-ring (bicyclic) bond motifs is 1. The van der Waals surface area contributed by atoms with Gasteiger partial charge in [-0.15, -0.1) is 0 Å². The van der Waals surface area contributed by atoms with E-state index in [0.717, 1.165) is 0 Å². The summed E-state index contributed by atoms with van der Waals surface area (Å²) < 4.78 is 10.7. The molecule has 1 heterocycles. The molecular weight excluding hydrogens is 342 g/mol. The normalized spacial score (nSPS) is 14.7. The fourth-order valence-electron chi connectivity index (χ4n) is 2.49. The summed E-state index contributed by atoms with van der Waals surface area (Å²) >= 11 is 0. The lowest BCUT2D eigenvalue weighted by atomic mass is 10.1. The van der Waals surface area contributed by atoms with Crippen molar-refractivity contribution in [3.05, 3.63) is 24.3 Å². The number of carbonyl (C=O) groups is 4. The monoisotopic (exact) mass is 363 g/mol. The fourth-order valence-corrected chi connectivity index (χ4v) is 2.49. The molecule has 1 aromatic rings. The number of benzene rings is 1. The van der Waals surface area contributed by atoms with Gasteiger partial charge in [0.15, 0.2) is 6.10 Å². The maximum absolute atomic E-state index is 12.3. The molecule has 3 N–H and O–H groups in total. The van der Waals surface area contributed by atoms with Crippen molar-refractivity contribution in [2.45, 2.75) is 26.4 Å². The molecule has 0 saturated heterocycles. The Morgan fingerprint density at radius 3 is 2.65 bits per heavy atom. The maximum atomic E-state index is 12.3. The minimum absolute atomic E-state index is 0.109. The Bertz CT molecular complexity index is 718. The molecule has 2 rings (SSSR count). The number of urea groups is 1. The summed E-state index contributed by atoms with van der Waals surface area (Å²) in [6, 6.07) is 5.80. The van der Waals surface area contributed by atoms with E-state index >= 15 is 0 Å². The van der Waals surface area contributed by atoms with Gasteiger partial charge in [-0.05, 0) is 18.1 Å². The summed E-state index contributed by atoms with van der Waals surface area (Å²) in [7, 11) is 0. The first-order chi connectivity index (χ1) is 12.3. The number of carbonyl (C=O) groups excluding carboxylic acids is 4. The van der Waals surface area contributed by atoms with E-state index in [9.17, 15) is 19.2 Å². The van der Waals surface area contributed by atoms with E-state index in [-0.39, 0.29) is 25.5 Å². The zero-order valence-corrected chi connectivity index (χ0v) is 14.6. The highest BCUT2D eigenvalue weighted by Gasteiger charge is 2.30. The molecule has 0 saturated carbocycles. The second kappa shape index (κ2) is 8.32. The molecular formula is C17H21N3O6. The van der Waals surface area contributed by atoms with E-state index in [4.69, 9.17) is 15.2 Å². The average Bonchev–Trinajstić information content (AvgIpc) is 2.71. The molecule has 1 aliphatic rings. The molecule has 0 aromatic heterocycles. The zero-order chi connectivity index (χ0) is 19.3. The third-order valence-electron chi connectivity index (χ3n) is 3.69. The number of rotatable bonds is 5. The van der Waals surface area contributed by atoms with Gasteiger partial charge in [0.1, 0.15) is 12.3 Å². The highest BCUT2D eigenvalue weighted by molar-refractivity contribution is 6.00. The predicted octanol–water partition coefficient (Wildman–Crippen LogP) is 0.565. The number of amides is 4. The van der Waals surface area contributed by atoms with Crippen LogP contribution >= 0.6 is 0 Å². The Labute approximate surface area is 150 Å². The van der Waals surface area contributed by atoms with Crippen LogP contribution in [0.3, 0.4) is 0 Å². The van der Waals surface area contributed by atoms with Gasteiger partial charge in [0.2, 0.25) is 5.91 Å². The van der Waals surface area contributed by atoms with E-state index < -0.39 is 29.9 Å². The Morgan fingerprint density at radius 2 is 2.00 bits per heavy atom. The number of ether oxygens (including phenoxy) is 2. The number of hydrogen-bond acceptors (Lipinski definition) is 6. The molecule has 4 amide bonds. The van der Waals surface area contributed by atoms with E-state index in [1.807, 2.05) is 5.32 Å². The van der Waals surface area contributed by atoms with Crippen molar-refractivity contribution in [2.24, 2.45) is 11.7 Å². The van der Waals surface area contributed by atoms with E-state index in [1.165, 1.54) is 4.90 Å². The first-order valence-electron chi connectivity index (χ1n) is 8.11. The summed E-state index contributed by atoms with van der Waals surface area (Å²) in [5.74, 6) is -1.80. The first-order valence-corrected chi connectivity index (χ1v) is 8.11. The molecule has 0 fully saturated rings. The molecule has 9 heteroatoms. The summed E-state index contributed by atoms with van der Waals surface area (Å²) in [5.41, 5.74) is 5.38. The quantitative estimate of drug-likeness (QED) is 0.736. The van der Waals surface area contributed by atoms with Crippen LogP contribution in [-0.2, 0) is 19.1 Å². The van der Waals surface area contributed by atoms with E-state index in [1.54, 1.807) is 38.1 Å². The SMILES string of the molecule is CC(C)[C@@H](OC(=O)CN1C(=O)CCOc2ccccc21)C(=O)NC(N)=O. The standard InChI is InChI=1S/C17H21N3O6/c1-10(2)15(16(23)19-17(18)24)26-14(22)9-20-11-5-3-4-6-12(11)25-8-7-13(20)21/h3-6,10,15H,7-9H2,1-2H3,(H3,18,19,23,24)/t15-/m1/s1. The molecule has 0 unspecified atom stereocenters. The Balaban J connectivity index is 2.13. The minimum Gasteiger partial charge on any atom is -0.491 e. The number of para-hydroxylation sites is 2. The van der Waals surface area contributed by atoms with Gasteiger partial charge in [-0.2, -0.15) is 0 Å². The van der Waals surface area contributed by atoms with Crippen LogP contribution in [0.25, 0.3) is 0 Å². The number of anilines is 1. The molecule has 0 spiro atoms. The smallest absolute Gasteiger partial charge is 0.326 e. The summed E-state index contributed by atoms with van der Waals surface area (Å²) in [6.07, 6.45) is -1.10. The van der Waals surface area contributed by atoms with Crippen molar-refractivity contribution in [1.29, 1.82) is 0 Å². The third-order valence-corrected chi connectivity index (χ3v) is 3.69. The largest absolute Gasteiger partial charge is 0.491 e. The molecule has 0 radical (unpaired) electrons. The number of nitrogens with zero attached hydrogens (tertiary/aromatic N) is 1. The van der Waals surface area contributed by atoms with Crippen LogP contribution in [0.2, 0.25) is 0 Å². The van der Waals surface area contributed by atoms with Gasteiger partial charge in [0, 0.05) is 0 Å². The van der Waals surface area contributed by atoms with E-state index in [2.05, 4.69) is 0 Å². The lowest BCUT2D eigenvalue weighted by molar-refractivity contribution is -0.157. The highest BCUT2D eigenvalue weighted by Crippen LogP contribution is 2.30. The second-order valence-corrected chi connectivity index (χ2v) is 6.05. The van der Waals surface area contributed by atoms with Crippen molar-refractivity contribution in [3.8, 4) is 5.75 Å². The van der Waals surface area contributed by atoms with Crippen LogP contribution in [0.15, 0.2) is 24.3 Å². The molecule has 9 nitrogen and oxygen atoms in total. The van der Waals surface area contributed by atoms with Crippen molar-refractivity contribution < 1.29 is 28.7 Å². The number of hydrogen-bond donors (Lipinski definition) is 2. The van der Waals surface area contributed by atoms with Gasteiger partial charge in [0.25, 0.3) is 5.91 Å². The maximum Gasteiger partial charge on any atom is 0.326 e. The van der Waals surface area contributed by atoms with Crippen LogP contribution in [0.4, 0.5) is 10.5 Å². The number of nitrogens with two attached hydrogens (primary N) is 1. The van der Waals surface area contributed by atoms with Crippen LogP contribution in [-0.4, -0.2) is 43.1 Å². The van der Waals surface area contributed by atoms with Crippen molar-refractivity contribution in [2.75, 3.05) is 18.1 Å². The van der Waals surface area contributed by atoms with Crippen molar-refractivity contribution in [1.82, 2.24) is 5.32 Å². The molecule has 26 heavy (non-hydrogen) atoms. The second-order valence-electron chi connectivity index (χ2n) is 6.05. The number of primary amides is 1. The summed E-state index contributed by atoms with van der Waals surface area (Å²) in [4.78, 5) is 48.7. The lowest BCUT2D eigenvalue weighted by Crippen LogP contribution is -2.47. The Kier molecular flexibility index (Phi) is 6.16. The van der Waals surface area contributed by atoms with Gasteiger partial charge in [-0.25, -0.2) is 4.79 Å². The van der Waals surface area contributed by atoms with Gasteiger partial charge >= 0.3 is 12.0 Å². The van der Waals surface area contributed by atoms with Gasteiger partial charge in [0.05, 0.1) is 18.7 Å². The molecule has 1 atom stereocenters. The molecule has 1 aromatic carbocycles. The van der Waals surface area contributed by atoms with Crippen LogP contribution in [0.1, 0.15) is 20.3 Å². The third kappa shape index (κ3) is 4.71. The van der Waals surface area contributed by atoms with Crippen LogP contribution in [0.5, 0.6) is 5.75 Å². The van der Waals surface area contributed by atoms with Crippen LogP contribution < -0.4 is 20.7 Å². The number of esters is 1. The van der Waals surface area contributed by atoms with Crippen molar-refractivity contribution in [3.63, 3.8) is 0 Å². The van der Waals surface area contributed by atoms with Gasteiger partial charge < -0.3 is 15.2 Å². The highest BCUT2D eigenvalue weighted by atomic mass is 16.5. The summed E-state index contributed by atoms with van der Waals surface area (Å²) in [6.45, 7) is 3.13. The molecule has 0 aliphatic carbocycles. The van der Waals surface area contributed by atoms with Crippen molar-refractivity contribution >= 4 is 29.5 Å². The first kappa shape index (κ1) is 19.2. The molecule has 140 valence electrons. The van der Waals surface area contributed by atoms with Gasteiger partial charge in [-0.1, -0.05) is 26.0 Å².